The van der Waals surface area contributed by atoms with E-state index in [0.29, 0.717) is 5.25 Å². The number of methoxy groups -OCH3 is 1. The van der Waals surface area contributed by atoms with Crippen molar-refractivity contribution in [2.75, 3.05) is 19.5 Å². The normalized spacial score (nSPS) is 28.9. The molecule has 1 nitrogen and oxygen atoms in total. The highest BCUT2D eigenvalue weighted by atomic mass is 32.2. The molecule has 0 spiro atoms. The second-order valence-electron chi connectivity index (χ2n) is 1.64. The summed E-state index contributed by atoms with van der Waals surface area (Å²) in [5.41, 5.74) is 0. The van der Waals surface area contributed by atoms with Gasteiger partial charge in [0.05, 0.1) is 11.7 Å². The van der Waals surface area contributed by atoms with E-state index >= 15 is 0 Å². The fraction of sp³-hybridized carbons (Fsp3) is 0.800. The van der Waals surface area contributed by atoms with Gasteiger partial charge in [-0.05, 0) is 0 Å². The third-order valence-corrected chi connectivity index (χ3v) is 3.43. The van der Waals surface area contributed by atoms with Crippen molar-refractivity contribution in [3.05, 3.63) is 5.08 Å². The van der Waals surface area contributed by atoms with E-state index in [9.17, 15) is 0 Å². The Bertz CT molecular complexity index is 61.4. The SMILES string of the molecule is COCC1CS[CH]S1. The molecule has 1 radical (unpaired) electrons. The molecular weight excluding hydrogens is 140 g/mol. The molecule has 1 rings (SSSR count). The van der Waals surface area contributed by atoms with Crippen molar-refractivity contribution in [3.63, 3.8) is 0 Å². The van der Waals surface area contributed by atoms with Gasteiger partial charge in [-0.25, -0.2) is 0 Å². The van der Waals surface area contributed by atoms with Crippen molar-refractivity contribution in [1.29, 1.82) is 0 Å². The lowest BCUT2D eigenvalue weighted by atomic mass is 10.5. The molecule has 0 amide bonds. The van der Waals surface area contributed by atoms with Crippen molar-refractivity contribution in [3.8, 4) is 0 Å². The second-order valence-corrected chi connectivity index (χ2v) is 4.02. The molecule has 0 aliphatic carbocycles. The first-order valence-electron chi connectivity index (χ1n) is 2.51. The van der Waals surface area contributed by atoms with E-state index < -0.39 is 0 Å². The molecule has 0 bridgehead atoms. The highest BCUT2D eigenvalue weighted by molar-refractivity contribution is 8.22. The van der Waals surface area contributed by atoms with Gasteiger partial charge >= 0.3 is 0 Å². The Morgan fingerprint density at radius 1 is 1.88 bits per heavy atom. The predicted molar refractivity (Wildman–Crippen MR) is 40.0 cm³/mol. The molecule has 47 valence electrons. The predicted octanol–water partition coefficient (Wildman–Crippen LogP) is 1.60. The lowest BCUT2D eigenvalue weighted by molar-refractivity contribution is 0.204. The summed E-state index contributed by atoms with van der Waals surface area (Å²) in [5, 5.41) is 2.90. The Hall–Kier alpha value is 0.660. The van der Waals surface area contributed by atoms with E-state index in [2.05, 4.69) is 5.08 Å². The molecule has 0 saturated carbocycles. The summed E-state index contributed by atoms with van der Waals surface area (Å²) in [7, 11) is 1.75. The van der Waals surface area contributed by atoms with Crippen LogP contribution >= 0.6 is 23.5 Å². The molecule has 1 fully saturated rings. The van der Waals surface area contributed by atoms with Crippen LogP contribution in [-0.4, -0.2) is 24.7 Å². The second kappa shape index (κ2) is 3.64. The van der Waals surface area contributed by atoms with Crippen molar-refractivity contribution < 1.29 is 4.74 Å². The van der Waals surface area contributed by atoms with Gasteiger partial charge in [-0.15, -0.1) is 23.5 Å². The van der Waals surface area contributed by atoms with Crippen LogP contribution in [-0.2, 0) is 4.74 Å². The average Bonchev–Trinajstić information content (AvgIpc) is 2.19. The minimum Gasteiger partial charge on any atom is -0.384 e. The lowest BCUT2D eigenvalue weighted by Crippen LogP contribution is -2.08. The van der Waals surface area contributed by atoms with Crippen LogP contribution in [0.2, 0.25) is 0 Å². The van der Waals surface area contributed by atoms with Crippen LogP contribution in [0.25, 0.3) is 0 Å². The highest BCUT2D eigenvalue weighted by Crippen LogP contribution is 2.33. The maximum atomic E-state index is 4.97. The third-order valence-electron chi connectivity index (χ3n) is 0.951. The van der Waals surface area contributed by atoms with E-state index in [1.807, 2.05) is 23.5 Å². The molecule has 0 aromatic rings. The fourth-order valence-electron chi connectivity index (χ4n) is 0.577. The van der Waals surface area contributed by atoms with Crippen LogP contribution in [0.5, 0.6) is 0 Å². The van der Waals surface area contributed by atoms with Crippen LogP contribution in [0, 0.1) is 5.08 Å². The van der Waals surface area contributed by atoms with Gasteiger partial charge in [-0.2, -0.15) is 0 Å². The number of hydrogen-bond donors (Lipinski definition) is 0. The van der Waals surface area contributed by atoms with Crippen molar-refractivity contribution in [2.24, 2.45) is 0 Å². The smallest absolute Gasteiger partial charge is 0.0716 e. The van der Waals surface area contributed by atoms with Gasteiger partial charge in [-0.1, -0.05) is 0 Å². The topological polar surface area (TPSA) is 9.23 Å². The van der Waals surface area contributed by atoms with Gasteiger partial charge in [0.15, 0.2) is 0 Å². The molecular formula is C5H9OS2. The van der Waals surface area contributed by atoms with Gasteiger partial charge in [-0.3, -0.25) is 0 Å². The van der Waals surface area contributed by atoms with Crippen LogP contribution in [0.15, 0.2) is 0 Å². The van der Waals surface area contributed by atoms with Crippen LogP contribution in [0.4, 0.5) is 0 Å². The van der Waals surface area contributed by atoms with E-state index in [-0.39, 0.29) is 0 Å². The monoisotopic (exact) mass is 149 g/mol. The first-order valence-corrected chi connectivity index (χ1v) is 4.50. The summed E-state index contributed by atoms with van der Waals surface area (Å²) in [6, 6.07) is 0. The van der Waals surface area contributed by atoms with Crippen LogP contribution in [0.1, 0.15) is 0 Å². The summed E-state index contributed by atoms with van der Waals surface area (Å²) < 4.78 is 4.97. The Labute approximate surface area is 58.6 Å². The first-order chi connectivity index (χ1) is 3.93. The molecule has 0 aromatic carbocycles. The van der Waals surface area contributed by atoms with Gasteiger partial charge in [0.2, 0.25) is 0 Å². The third kappa shape index (κ3) is 1.88. The van der Waals surface area contributed by atoms with Gasteiger partial charge in [0.1, 0.15) is 0 Å². The van der Waals surface area contributed by atoms with Gasteiger partial charge < -0.3 is 4.74 Å². The zero-order valence-electron chi connectivity index (χ0n) is 4.79. The molecule has 0 aromatic heterocycles. The van der Waals surface area contributed by atoms with Crippen LogP contribution < -0.4 is 0 Å². The number of hydrogen-bond acceptors (Lipinski definition) is 3. The fourth-order valence-corrected chi connectivity index (χ4v) is 2.91. The summed E-state index contributed by atoms with van der Waals surface area (Å²) in [4.78, 5) is 0. The largest absolute Gasteiger partial charge is 0.384 e. The molecule has 1 heterocycles. The minimum absolute atomic E-state index is 0.713. The minimum atomic E-state index is 0.713. The van der Waals surface area contributed by atoms with E-state index in [4.69, 9.17) is 4.74 Å². The van der Waals surface area contributed by atoms with Gasteiger partial charge in [0.25, 0.3) is 0 Å². The molecule has 3 heteroatoms. The molecule has 8 heavy (non-hydrogen) atoms. The maximum Gasteiger partial charge on any atom is 0.0716 e. The highest BCUT2D eigenvalue weighted by Gasteiger charge is 2.15. The standard InChI is InChI=1S/C5H9OS2/c1-6-2-5-3-7-4-8-5/h4-5H,2-3H2,1H3. The Kier molecular flexibility index (Phi) is 3.08. The molecule has 1 atom stereocenters. The summed E-state index contributed by atoms with van der Waals surface area (Å²) in [6.07, 6.45) is 0. The Morgan fingerprint density at radius 2 is 2.75 bits per heavy atom. The quantitative estimate of drug-likeness (QED) is 0.590. The molecule has 1 saturated heterocycles. The van der Waals surface area contributed by atoms with Crippen molar-refractivity contribution >= 4 is 23.5 Å². The summed E-state index contributed by atoms with van der Waals surface area (Å²) >= 11 is 3.76. The molecule has 1 unspecified atom stereocenters. The molecule has 1 aliphatic rings. The van der Waals surface area contributed by atoms with Gasteiger partial charge in [0, 0.05) is 18.1 Å². The number of ether oxygens (including phenoxy) is 1. The number of thioether (sulfide) groups is 2. The summed E-state index contributed by atoms with van der Waals surface area (Å²) in [6.45, 7) is 0.897. The molecule has 1 aliphatic heterocycles. The Morgan fingerprint density at radius 3 is 3.25 bits per heavy atom. The zero-order valence-corrected chi connectivity index (χ0v) is 6.43. The maximum absolute atomic E-state index is 4.97. The lowest BCUT2D eigenvalue weighted by Gasteiger charge is -2.02. The van der Waals surface area contributed by atoms with Crippen molar-refractivity contribution in [1.82, 2.24) is 0 Å². The van der Waals surface area contributed by atoms with E-state index in [1.54, 1.807) is 7.11 Å². The van der Waals surface area contributed by atoms with Crippen molar-refractivity contribution in [2.45, 2.75) is 5.25 Å². The number of rotatable bonds is 2. The first kappa shape index (κ1) is 6.78. The van der Waals surface area contributed by atoms with E-state index in [1.165, 1.54) is 5.75 Å². The molecule has 0 N–H and O–H groups in total. The zero-order chi connectivity index (χ0) is 5.82. The van der Waals surface area contributed by atoms with Crippen LogP contribution in [0.3, 0.4) is 0 Å². The average molecular weight is 149 g/mol. The van der Waals surface area contributed by atoms with E-state index in [0.717, 1.165) is 6.61 Å². The Balaban J connectivity index is 2.06. The summed E-state index contributed by atoms with van der Waals surface area (Å²) in [5.74, 6) is 1.22.